The second-order valence-electron chi connectivity index (χ2n) is 5.43. The van der Waals surface area contributed by atoms with Gasteiger partial charge in [0, 0.05) is 23.5 Å². The Morgan fingerprint density at radius 2 is 2.00 bits per heavy atom. The molecule has 0 aliphatic rings. The number of hydrogen-bond donors (Lipinski definition) is 0. The van der Waals surface area contributed by atoms with Crippen molar-refractivity contribution in [1.29, 1.82) is 0 Å². The van der Waals surface area contributed by atoms with Crippen molar-refractivity contribution in [3.63, 3.8) is 0 Å². The Bertz CT molecular complexity index is 524. The largest absolute Gasteiger partial charge is 0.490 e. The third-order valence-electron chi connectivity index (χ3n) is 2.49. The zero-order valence-electron chi connectivity index (χ0n) is 13.0. The first kappa shape index (κ1) is 17.7. The molecule has 1 rings (SSSR count). The first-order chi connectivity index (χ1) is 9.78. The SMILES string of the molecule is C=Nc1cc(OCCOC)c(SC(C)(C)C)cc1C(=C)F. The van der Waals surface area contributed by atoms with Crippen LogP contribution in [-0.2, 0) is 4.74 Å². The molecule has 0 amide bonds. The molecule has 0 saturated carbocycles. The molecule has 0 saturated heterocycles. The number of ether oxygens (including phenoxy) is 2. The van der Waals surface area contributed by atoms with E-state index in [0.29, 0.717) is 30.2 Å². The molecule has 0 unspecified atom stereocenters. The van der Waals surface area contributed by atoms with E-state index in [4.69, 9.17) is 9.47 Å². The first-order valence-electron chi connectivity index (χ1n) is 6.59. The van der Waals surface area contributed by atoms with Gasteiger partial charge in [0.05, 0.1) is 17.2 Å². The van der Waals surface area contributed by atoms with Gasteiger partial charge >= 0.3 is 0 Å². The molecule has 0 fully saturated rings. The Kier molecular flexibility index (Phi) is 6.42. The van der Waals surface area contributed by atoms with E-state index >= 15 is 0 Å². The number of nitrogens with zero attached hydrogens (tertiary/aromatic N) is 1. The lowest BCUT2D eigenvalue weighted by Crippen LogP contribution is -2.09. The fourth-order valence-corrected chi connectivity index (χ4v) is 2.71. The Balaban J connectivity index is 3.23. The number of hydrogen-bond acceptors (Lipinski definition) is 4. The standard InChI is InChI=1S/C16H22FNO2S/c1-11(17)12-9-15(21-16(2,3)4)14(10-13(12)18-5)20-8-7-19-6/h9-10H,1,5,7-8H2,2-4,6H3. The molecular formula is C16H22FNO2S. The molecule has 21 heavy (non-hydrogen) atoms. The predicted octanol–water partition coefficient (Wildman–Crippen LogP) is 4.87. The van der Waals surface area contributed by atoms with Crippen LogP contribution in [0.25, 0.3) is 5.83 Å². The molecule has 0 atom stereocenters. The van der Waals surface area contributed by atoms with Gasteiger partial charge in [0.1, 0.15) is 18.2 Å². The second kappa shape index (κ2) is 7.61. The van der Waals surface area contributed by atoms with Crippen LogP contribution in [0.15, 0.2) is 28.6 Å². The van der Waals surface area contributed by atoms with Crippen LogP contribution >= 0.6 is 11.8 Å². The quantitative estimate of drug-likeness (QED) is 0.409. The van der Waals surface area contributed by atoms with Gasteiger partial charge in [-0.25, -0.2) is 4.39 Å². The van der Waals surface area contributed by atoms with E-state index in [-0.39, 0.29) is 4.75 Å². The fraction of sp³-hybridized carbons (Fsp3) is 0.438. The number of thioether (sulfide) groups is 1. The smallest absolute Gasteiger partial charge is 0.135 e. The molecule has 0 heterocycles. The summed E-state index contributed by atoms with van der Waals surface area (Å²) in [4.78, 5) is 4.69. The second-order valence-corrected chi connectivity index (χ2v) is 7.30. The minimum absolute atomic E-state index is 0.0304. The summed E-state index contributed by atoms with van der Waals surface area (Å²) >= 11 is 1.60. The number of aliphatic imine (C=N–C) groups is 1. The summed E-state index contributed by atoms with van der Waals surface area (Å²) in [6.45, 7) is 14.0. The van der Waals surface area contributed by atoms with E-state index < -0.39 is 5.83 Å². The highest BCUT2D eigenvalue weighted by Crippen LogP contribution is 2.42. The molecular weight excluding hydrogens is 289 g/mol. The average Bonchev–Trinajstić information content (AvgIpc) is 2.38. The summed E-state index contributed by atoms with van der Waals surface area (Å²) in [6, 6.07) is 3.40. The maximum atomic E-state index is 13.6. The lowest BCUT2D eigenvalue weighted by Gasteiger charge is -2.21. The maximum absolute atomic E-state index is 13.6. The minimum atomic E-state index is -0.531. The van der Waals surface area contributed by atoms with Gasteiger partial charge < -0.3 is 9.47 Å². The van der Waals surface area contributed by atoms with Gasteiger partial charge in [-0.3, -0.25) is 4.99 Å². The van der Waals surface area contributed by atoms with E-state index in [1.54, 1.807) is 31.0 Å². The van der Waals surface area contributed by atoms with Gasteiger partial charge in [-0.2, -0.15) is 0 Å². The molecule has 116 valence electrons. The zero-order valence-corrected chi connectivity index (χ0v) is 13.8. The highest BCUT2D eigenvalue weighted by atomic mass is 32.2. The van der Waals surface area contributed by atoms with Crippen molar-refractivity contribution in [2.75, 3.05) is 20.3 Å². The van der Waals surface area contributed by atoms with E-state index in [0.717, 1.165) is 4.90 Å². The predicted molar refractivity (Wildman–Crippen MR) is 88.8 cm³/mol. The van der Waals surface area contributed by atoms with Crippen molar-refractivity contribution in [2.45, 2.75) is 30.4 Å². The number of halogens is 1. The molecule has 1 aromatic carbocycles. The van der Waals surface area contributed by atoms with Crippen LogP contribution in [0.1, 0.15) is 26.3 Å². The molecule has 0 radical (unpaired) electrons. The maximum Gasteiger partial charge on any atom is 0.135 e. The molecule has 0 aliphatic heterocycles. The molecule has 5 heteroatoms. The fourth-order valence-electron chi connectivity index (χ4n) is 1.65. The Morgan fingerprint density at radius 1 is 1.33 bits per heavy atom. The van der Waals surface area contributed by atoms with Crippen LogP contribution in [-0.4, -0.2) is 31.8 Å². The van der Waals surface area contributed by atoms with Crippen molar-refractivity contribution >= 4 is 30.0 Å². The molecule has 3 nitrogen and oxygen atoms in total. The normalized spacial score (nSPS) is 11.3. The van der Waals surface area contributed by atoms with E-state index in [2.05, 4.69) is 39.1 Å². The highest BCUT2D eigenvalue weighted by Gasteiger charge is 2.19. The minimum Gasteiger partial charge on any atom is -0.490 e. The van der Waals surface area contributed by atoms with E-state index in [9.17, 15) is 4.39 Å². The summed E-state index contributed by atoms with van der Waals surface area (Å²) in [5.74, 6) is 0.121. The average molecular weight is 311 g/mol. The Morgan fingerprint density at radius 3 is 2.48 bits per heavy atom. The van der Waals surface area contributed by atoms with E-state index in [1.807, 2.05) is 0 Å². The van der Waals surface area contributed by atoms with Crippen LogP contribution < -0.4 is 4.74 Å². The van der Waals surface area contributed by atoms with Crippen LogP contribution in [0.4, 0.5) is 10.1 Å². The lowest BCUT2D eigenvalue weighted by molar-refractivity contribution is 0.145. The highest BCUT2D eigenvalue weighted by molar-refractivity contribution is 8.00. The third kappa shape index (κ3) is 5.52. The van der Waals surface area contributed by atoms with Gasteiger partial charge in [0.2, 0.25) is 0 Å². The Hall–Kier alpha value is -1.33. The van der Waals surface area contributed by atoms with Crippen molar-refractivity contribution < 1.29 is 13.9 Å². The molecule has 0 spiro atoms. The zero-order chi connectivity index (χ0) is 16.0. The van der Waals surface area contributed by atoms with Crippen molar-refractivity contribution in [1.82, 2.24) is 0 Å². The monoisotopic (exact) mass is 311 g/mol. The summed E-state index contributed by atoms with van der Waals surface area (Å²) in [7, 11) is 1.61. The third-order valence-corrected chi connectivity index (χ3v) is 3.64. The van der Waals surface area contributed by atoms with Crippen LogP contribution in [0.2, 0.25) is 0 Å². The topological polar surface area (TPSA) is 30.8 Å². The summed E-state index contributed by atoms with van der Waals surface area (Å²) in [6.07, 6.45) is 0. The van der Waals surface area contributed by atoms with Crippen molar-refractivity contribution in [2.24, 2.45) is 4.99 Å². The Labute approximate surface area is 130 Å². The summed E-state index contributed by atoms with van der Waals surface area (Å²) in [5.41, 5.74) is 0.768. The molecule has 1 aromatic rings. The summed E-state index contributed by atoms with van der Waals surface area (Å²) in [5, 5.41) is 0. The van der Waals surface area contributed by atoms with Gasteiger partial charge in [0.25, 0.3) is 0 Å². The van der Waals surface area contributed by atoms with Crippen LogP contribution in [0, 0.1) is 0 Å². The number of benzene rings is 1. The van der Waals surface area contributed by atoms with Crippen molar-refractivity contribution in [3.8, 4) is 5.75 Å². The molecule has 0 N–H and O–H groups in total. The molecule has 0 aliphatic carbocycles. The van der Waals surface area contributed by atoms with Gasteiger partial charge in [-0.15, -0.1) is 11.8 Å². The number of rotatable bonds is 7. The van der Waals surface area contributed by atoms with Crippen LogP contribution in [0.3, 0.4) is 0 Å². The van der Waals surface area contributed by atoms with Crippen molar-refractivity contribution in [3.05, 3.63) is 24.3 Å². The lowest BCUT2D eigenvalue weighted by atomic mass is 10.1. The molecule has 0 bridgehead atoms. The van der Waals surface area contributed by atoms with Gasteiger partial charge in [0.15, 0.2) is 0 Å². The van der Waals surface area contributed by atoms with Gasteiger partial charge in [-0.05, 0) is 12.8 Å². The molecule has 0 aromatic heterocycles. The van der Waals surface area contributed by atoms with Gasteiger partial charge in [-0.1, -0.05) is 27.4 Å². The number of methoxy groups -OCH3 is 1. The van der Waals surface area contributed by atoms with Crippen LogP contribution in [0.5, 0.6) is 5.75 Å². The summed E-state index contributed by atoms with van der Waals surface area (Å²) < 4.78 is 24.2. The van der Waals surface area contributed by atoms with E-state index in [1.165, 1.54) is 0 Å². The first-order valence-corrected chi connectivity index (χ1v) is 7.40.